The molecule has 8 nitrogen and oxygen atoms in total. The van der Waals surface area contributed by atoms with E-state index in [2.05, 4.69) is 4.98 Å². The second kappa shape index (κ2) is 7.81. The van der Waals surface area contributed by atoms with Crippen LogP contribution in [0.3, 0.4) is 0 Å². The van der Waals surface area contributed by atoms with Crippen molar-refractivity contribution in [2.45, 2.75) is 33.9 Å². The maximum Gasteiger partial charge on any atom is 0.339 e. The SMILES string of the molecule is COC(=O)c1c(Cn2c(C)nc3ccccc32)sc2c1c(=O)n(C)c(=O)n2CC(C)C. The number of methoxy groups -OCH3 is 1. The van der Waals surface area contributed by atoms with E-state index < -0.39 is 11.5 Å². The molecule has 0 spiro atoms. The Morgan fingerprint density at radius 3 is 2.58 bits per heavy atom. The van der Waals surface area contributed by atoms with Crippen LogP contribution in [0.4, 0.5) is 0 Å². The fraction of sp³-hybridized carbons (Fsp3) is 0.364. The molecule has 3 aromatic heterocycles. The lowest BCUT2D eigenvalue weighted by molar-refractivity contribution is 0.0602. The van der Waals surface area contributed by atoms with Gasteiger partial charge < -0.3 is 9.30 Å². The molecule has 0 unspecified atom stereocenters. The molecule has 0 saturated carbocycles. The second-order valence-electron chi connectivity index (χ2n) is 7.96. The number of thiophene rings is 1. The number of carbonyl (C=O) groups excluding carboxylic acids is 1. The first-order valence-electron chi connectivity index (χ1n) is 10.00. The zero-order chi connectivity index (χ0) is 22.4. The fourth-order valence-corrected chi connectivity index (χ4v) is 5.14. The number of imidazole rings is 1. The Kier molecular flexibility index (Phi) is 5.30. The number of hydrogen-bond acceptors (Lipinski definition) is 6. The number of fused-ring (bicyclic) bond motifs is 2. The molecule has 0 aliphatic rings. The van der Waals surface area contributed by atoms with Gasteiger partial charge >= 0.3 is 11.7 Å². The van der Waals surface area contributed by atoms with Gasteiger partial charge in [-0.25, -0.2) is 14.6 Å². The molecule has 1 aromatic carbocycles. The number of carbonyl (C=O) groups is 1. The van der Waals surface area contributed by atoms with Gasteiger partial charge in [0.25, 0.3) is 5.56 Å². The first-order valence-corrected chi connectivity index (χ1v) is 10.8. The highest BCUT2D eigenvalue weighted by Gasteiger charge is 2.27. The van der Waals surface area contributed by atoms with Crippen molar-refractivity contribution in [1.82, 2.24) is 18.7 Å². The lowest BCUT2D eigenvalue weighted by Crippen LogP contribution is -2.38. The van der Waals surface area contributed by atoms with Crippen LogP contribution in [0.5, 0.6) is 0 Å². The normalized spacial score (nSPS) is 11.7. The van der Waals surface area contributed by atoms with Crippen molar-refractivity contribution in [3.8, 4) is 0 Å². The summed E-state index contributed by atoms with van der Waals surface area (Å²) in [5.74, 6) is 0.391. The van der Waals surface area contributed by atoms with Gasteiger partial charge in [-0.15, -0.1) is 11.3 Å². The van der Waals surface area contributed by atoms with Gasteiger partial charge in [0.15, 0.2) is 0 Å². The zero-order valence-electron chi connectivity index (χ0n) is 18.1. The number of benzene rings is 1. The third-order valence-corrected chi connectivity index (χ3v) is 6.53. The molecule has 0 radical (unpaired) electrons. The molecule has 4 aromatic rings. The summed E-state index contributed by atoms with van der Waals surface area (Å²) in [6, 6.07) is 7.75. The molecule has 0 atom stereocenters. The Balaban J connectivity index is 2.04. The van der Waals surface area contributed by atoms with E-state index in [4.69, 9.17) is 4.74 Å². The van der Waals surface area contributed by atoms with Crippen molar-refractivity contribution in [2.24, 2.45) is 13.0 Å². The first kappa shape index (κ1) is 21.0. The van der Waals surface area contributed by atoms with Crippen LogP contribution in [-0.2, 0) is 24.9 Å². The first-order chi connectivity index (χ1) is 14.7. The predicted octanol–water partition coefficient (Wildman–Crippen LogP) is 2.91. The summed E-state index contributed by atoms with van der Waals surface area (Å²) in [6.07, 6.45) is 0. The summed E-state index contributed by atoms with van der Waals surface area (Å²) in [7, 11) is 2.73. The van der Waals surface area contributed by atoms with Crippen LogP contribution in [-0.4, -0.2) is 31.8 Å². The minimum absolute atomic E-state index is 0.186. The third kappa shape index (κ3) is 3.38. The van der Waals surface area contributed by atoms with E-state index in [0.717, 1.165) is 21.4 Å². The summed E-state index contributed by atoms with van der Waals surface area (Å²) < 4.78 is 9.68. The zero-order valence-corrected chi connectivity index (χ0v) is 18.9. The summed E-state index contributed by atoms with van der Waals surface area (Å²) in [4.78, 5) is 44.4. The molecule has 3 heterocycles. The van der Waals surface area contributed by atoms with E-state index >= 15 is 0 Å². The molecule has 0 fully saturated rings. The highest BCUT2D eigenvalue weighted by Crippen LogP contribution is 2.31. The van der Waals surface area contributed by atoms with Crippen molar-refractivity contribution in [2.75, 3.05) is 7.11 Å². The Labute approximate surface area is 182 Å². The van der Waals surface area contributed by atoms with E-state index in [-0.39, 0.29) is 22.6 Å². The summed E-state index contributed by atoms with van der Waals surface area (Å²) in [6.45, 7) is 6.69. The fourth-order valence-electron chi connectivity index (χ4n) is 3.87. The second-order valence-corrected chi connectivity index (χ2v) is 9.04. The lowest BCUT2D eigenvalue weighted by atomic mass is 10.1. The molecular weight excluding hydrogens is 416 g/mol. The number of aryl methyl sites for hydroxylation is 1. The number of aromatic nitrogens is 4. The number of rotatable bonds is 5. The molecule has 4 rings (SSSR count). The van der Waals surface area contributed by atoms with E-state index in [0.29, 0.717) is 22.8 Å². The standard InChI is InChI=1S/C22H24N4O4S/c1-12(2)10-26-20-18(19(27)24(4)22(26)29)17(21(28)30-5)16(31-20)11-25-13(3)23-14-8-6-7-9-15(14)25/h6-9,12H,10-11H2,1-5H3. The van der Waals surface area contributed by atoms with Gasteiger partial charge in [0.2, 0.25) is 0 Å². The number of ether oxygens (including phenoxy) is 1. The summed E-state index contributed by atoms with van der Waals surface area (Å²) in [5.41, 5.74) is 1.13. The topological polar surface area (TPSA) is 88.1 Å². The summed E-state index contributed by atoms with van der Waals surface area (Å²) in [5, 5.41) is 0.233. The van der Waals surface area contributed by atoms with Crippen LogP contribution in [0.15, 0.2) is 33.9 Å². The van der Waals surface area contributed by atoms with Gasteiger partial charge in [-0.1, -0.05) is 26.0 Å². The largest absolute Gasteiger partial charge is 0.465 e. The van der Waals surface area contributed by atoms with E-state index in [1.165, 1.54) is 25.5 Å². The van der Waals surface area contributed by atoms with Gasteiger partial charge in [-0.2, -0.15) is 0 Å². The summed E-state index contributed by atoms with van der Waals surface area (Å²) >= 11 is 1.29. The van der Waals surface area contributed by atoms with Crippen molar-refractivity contribution >= 4 is 38.6 Å². The van der Waals surface area contributed by atoms with Crippen LogP contribution in [0.25, 0.3) is 21.3 Å². The Bertz CT molecular complexity index is 1440. The molecule has 0 aliphatic heterocycles. The van der Waals surface area contributed by atoms with E-state index in [1.54, 1.807) is 4.57 Å². The predicted molar refractivity (Wildman–Crippen MR) is 121 cm³/mol. The van der Waals surface area contributed by atoms with Crippen molar-refractivity contribution in [1.29, 1.82) is 0 Å². The van der Waals surface area contributed by atoms with Crippen molar-refractivity contribution in [3.05, 3.63) is 61.4 Å². The number of hydrogen-bond donors (Lipinski definition) is 0. The van der Waals surface area contributed by atoms with Crippen molar-refractivity contribution in [3.63, 3.8) is 0 Å². The highest BCUT2D eigenvalue weighted by molar-refractivity contribution is 7.19. The van der Waals surface area contributed by atoms with Gasteiger partial charge in [0.05, 0.1) is 35.6 Å². The average Bonchev–Trinajstić information content (AvgIpc) is 3.27. The quantitative estimate of drug-likeness (QED) is 0.445. The van der Waals surface area contributed by atoms with Crippen LogP contribution < -0.4 is 11.2 Å². The minimum Gasteiger partial charge on any atom is -0.465 e. The Morgan fingerprint density at radius 1 is 1.19 bits per heavy atom. The molecule has 31 heavy (non-hydrogen) atoms. The lowest BCUT2D eigenvalue weighted by Gasteiger charge is -2.11. The maximum absolute atomic E-state index is 13.1. The van der Waals surface area contributed by atoms with E-state index in [1.807, 2.05) is 49.6 Å². The smallest absolute Gasteiger partial charge is 0.339 e. The van der Waals surface area contributed by atoms with Gasteiger partial charge in [-0.05, 0) is 25.0 Å². The van der Waals surface area contributed by atoms with Crippen molar-refractivity contribution < 1.29 is 9.53 Å². The molecule has 0 amide bonds. The van der Waals surface area contributed by atoms with Gasteiger partial charge in [0, 0.05) is 18.5 Å². The molecule has 0 saturated heterocycles. The van der Waals surface area contributed by atoms with Gasteiger partial charge in [-0.3, -0.25) is 13.9 Å². The molecule has 0 N–H and O–H groups in total. The Morgan fingerprint density at radius 2 is 1.90 bits per heavy atom. The van der Waals surface area contributed by atoms with E-state index in [9.17, 15) is 14.4 Å². The molecule has 9 heteroatoms. The number of para-hydroxylation sites is 2. The highest BCUT2D eigenvalue weighted by atomic mass is 32.1. The van der Waals surface area contributed by atoms with Crippen LogP contribution >= 0.6 is 11.3 Å². The van der Waals surface area contributed by atoms with Crippen LogP contribution in [0.2, 0.25) is 0 Å². The number of nitrogens with zero attached hydrogens (tertiary/aromatic N) is 4. The Hall–Kier alpha value is -3.20. The molecule has 0 bridgehead atoms. The monoisotopic (exact) mass is 440 g/mol. The van der Waals surface area contributed by atoms with Crippen LogP contribution in [0.1, 0.15) is 34.9 Å². The number of esters is 1. The molecule has 162 valence electrons. The minimum atomic E-state index is -0.588. The molecule has 0 aliphatic carbocycles. The third-order valence-electron chi connectivity index (χ3n) is 5.33. The van der Waals surface area contributed by atoms with Crippen LogP contribution in [0, 0.1) is 12.8 Å². The maximum atomic E-state index is 13.1. The van der Waals surface area contributed by atoms with Gasteiger partial charge in [0.1, 0.15) is 10.7 Å². The average molecular weight is 441 g/mol. The molecular formula is C22H24N4O4S.